The molecule has 0 amide bonds. The number of hydrogen-bond acceptors (Lipinski definition) is 5. The quantitative estimate of drug-likeness (QED) is 0.535. The van der Waals surface area contributed by atoms with Crippen LogP contribution in [0.3, 0.4) is 0 Å². The van der Waals surface area contributed by atoms with Gasteiger partial charge in [0.15, 0.2) is 0 Å². The SMILES string of the molecule is CCCS(=O)(=O)OC(=O)COCCc1ccccc1. The van der Waals surface area contributed by atoms with E-state index in [1.54, 1.807) is 6.92 Å². The zero-order valence-corrected chi connectivity index (χ0v) is 11.7. The molecule has 0 aliphatic carbocycles. The topological polar surface area (TPSA) is 69.7 Å². The fourth-order valence-electron chi connectivity index (χ4n) is 1.45. The second-order valence-corrected chi connectivity index (χ2v) is 5.70. The van der Waals surface area contributed by atoms with Crippen molar-refractivity contribution in [2.75, 3.05) is 19.0 Å². The van der Waals surface area contributed by atoms with Gasteiger partial charge in [0.25, 0.3) is 0 Å². The molecule has 19 heavy (non-hydrogen) atoms. The van der Waals surface area contributed by atoms with E-state index in [0.717, 1.165) is 5.56 Å². The number of ether oxygens (including phenoxy) is 1. The molecule has 106 valence electrons. The molecule has 0 unspecified atom stereocenters. The summed E-state index contributed by atoms with van der Waals surface area (Å²) in [4.78, 5) is 11.2. The molecule has 0 aliphatic heterocycles. The third-order valence-electron chi connectivity index (χ3n) is 2.27. The Morgan fingerprint density at radius 3 is 2.53 bits per heavy atom. The molecule has 6 heteroatoms. The summed E-state index contributed by atoms with van der Waals surface area (Å²) < 4.78 is 31.8. The van der Waals surface area contributed by atoms with Crippen molar-refractivity contribution in [2.24, 2.45) is 0 Å². The third kappa shape index (κ3) is 6.93. The predicted octanol–water partition coefficient (Wildman–Crippen LogP) is 1.53. The van der Waals surface area contributed by atoms with Gasteiger partial charge in [-0.05, 0) is 18.4 Å². The summed E-state index contributed by atoms with van der Waals surface area (Å²) in [7, 11) is -3.75. The molecule has 0 heterocycles. The van der Waals surface area contributed by atoms with Crippen molar-refractivity contribution in [2.45, 2.75) is 19.8 Å². The van der Waals surface area contributed by atoms with Crippen LogP contribution in [-0.2, 0) is 30.3 Å². The van der Waals surface area contributed by atoms with Crippen molar-refractivity contribution in [3.8, 4) is 0 Å². The highest BCUT2D eigenvalue weighted by atomic mass is 32.2. The summed E-state index contributed by atoms with van der Waals surface area (Å²) in [5.74, 6) is -1.04. The van der Waals surface area contributed by atoms with Crippen molar-refractivity contribution in [1.82, 2.24) is 0 Å². The Labute approximate surface area is 113 Å². The van der Waals surface area contributed by atoms with Gasteiger partial charge < -0.3 is 8.92 Å². The van der Waals surface area contributed by atoms with E-state index in [4.69, 9.17) is 4.74 Å². The summed E-state index contributed by atoms with van der Waals surface area (Å²) >= 11 is 0. The highest BCUT2D eigenvalue weighted by Gasteiger charge is 2.15. The van der Waals surface area contributed by atoms with Crippen LogP contribution in [0.15, 0.2) is 30.3 Å². The first-order valence-corrected chi connectivity index (χ1v) is 7.68. The number of rotatable bonds is 8. The molecule has 0 N–H and O–H groups in total. The van der Waals surface area contributed by atoms with Crippen LogP contribution in [0.1, 0.15) is 18.9 Å². The summed E-state index contributed by atoms with van der Waals surface area (Å²) in [6.07, 6.45) is 1.07. The van der Waals surface area contributed by atoms with Crippen LogP contribution in [0, 0.1) is 0 Å². The van der Waals surface area contributed by atoms with E-state index in [1.165, 1.54) is 0 Å². The fraction of sp³-hybridized carbons (Fsp3) is 0.462. The number of benzene rings is 1. The van der Waals surface area contributed by atoms with Gasteiger partial charge in [-0.2, -0.15) is 8.42 Å². The molecule has 0 aromatic heterocycles. The van der Waals surface area contributed by atoms with Crippen molar-refractivity contribution in [1.29, 1.82) is 0 Å². The van der Waals surface area contributed by atoms with E-state index in [0.29, 0.717) is 19.4 Å². The van der Waals surface area contributed by atoms with Gasteiger partial charge >= 0.3 is 16.1 Å². The van der Waals surface area contributed by atoms with E-state index in [2.05, 4.69) is 4.18 Å². The summed E-state index contributed by atoms with van der Waals surface area (Å²) in [5, 5.41) is 0. The van der Waals surface area contributed by atoms with E-state index in [-0.39, 0.29) is 12.4 Å². The minimum Gasteiger partial charge on any atom is -0.369 e. The van der Waals surface area contributed by atoms with Crippen LogP contribution in [0.2, 0.25) is 0 Å². The number of carbonyl (C=O) groups is 1. The normalized spacial score (nSPS) is 11.2. The van der Waals surface area contributed by atoms with Gasteiger partial charge in [-0.1, -0.05) is 37.3 Å². The zero-order valence-electron chi connectivity index (χ0n) is 10.9. The third-order valence-corrected chi connectivity index (χ3v) is 3.62. The van der Waals surface area contributed by atoms with Crippen LogP contribution in [0.4, 0.5) is 0 Å². The summed E-state index contributed by atoms with van der Waals surface area (Å²) in [6.45, 7) is 1.68. The monoisotopic (exact) mass is 286 g/mol. The lowest BCUT2D eigenvalue weighted by molar-refractivity contribution is -0.138. The highest BCUT2D eigenvalue weighted by Crippen LogP contribution is 2.00. The molecule has 5 nitrogen and oxygen atoms in total. The molecule has 0 radical (unpaired) electrons. The molecule has 1 rings (SSSR count). The summed E-state index contributed by atoms with van der Waals surface area (Å²) in [6, 6.07) is 9.66. The second kappa shape index (κ2) is 7.91. The van der Waals surface area contributed by atoms with Gasteiger partial charge in [0.1, 0.15) is 6.61 Å². The number of hydrogen-bond donors (Lipinski definition) is 0. The number of carbonyl (C=O) groups excluding carboxylic acids is 1. The van der Waals surface area contributed by atoms with Gasteiger partial charge in [0.05, 0.1) is 12.4 Å². The molecule has 0 spiro atoms. The Balaban J connectivity index is 2.21. The highest BCUT2D eigenvalue weighted by molar-refractivity contribution is 7.87. The van der Waals surface area contributed by atoms with Gasteiger partial charge in [-0.25, -0.2) is 4.79 Å². The Kier molecular flexibility index (Phi) is 6.52. The first-order valence-electron chi connectivity index (χ1n) is 6.10. The first-order chi connectivity index (χ1) is 9.03. The molecule has 0 atom stereocenters. The van der Waals surface area contributed by atoms with Gasteiger partial charge in [0, 0.05) is 0 Å². The molecule has 0 aliphatic rings. The largest absolute Gasteiger partial charge is 0.369 e. The smallest absolute Gasteiger partial charge is 0.347 e. The lowest BCUT2D eigenvalue weighted by Gasteiger charge is -2.05. The Hall–Kier alpha value is -1.40. The maximum atomic E-state index is 11.2. The van der Waals surface area contributed by atoms with Crippen molar-refractivity contribution in [3.63, 3.8) is 0 Å². The van der Waals surface area contributed by atoms with Crippen LogP contribution in [0.25, 0.3) is 0 Å². The average molecular weight is 286 g/mol. The van der Waals surface area contributed by atoms with Crippen molar-refractivity contribution >= 4 is 16.1 Å². The lowest BCUT2D eigenvalue weighted by Crippen LogP contribution is -2.20. The molecule has 0 saturated heterocycles. The Morgan fingerprint density at radius 1 is 1.21 bits per heavy atom. The molecule has 1 aromatic rings. The summed E-state index contributed by atoms with van der Waals surface area (Å²) in [5.41, 5.74) is 1.09. The Bertz CT molecular complexity index is 481. The molecular formula is C13H18O5S. The van der Waals surface area contributed by atoms with Crippen LogP contribution >= 0.6 is 0 Å². The lowest BCUT2D eigenvalue weighted by atomic mass is 10.2. The van der Waals surface area contributed by atoms with E-state index in [1.807, 2.05) is 30.3 Å². The minimum atomic E-state index is -3.75. The predicted molar refractivity (Wildman–Crippen MR) is 71.1 cm³/mol. The van der Waals surface area contributed by atoms with Crippen LogP contribution in [0.5, 0.6) is 0 Å². The maximum absolute atomic E-state index is 11.2. The van der Waals surface area contributed by atoms with Crippen LogP contribution in [-0.4, -0.2) is 33.4 Å². The van der Waals surface area contributed by atoms with Gasteiger partial charge in [0.2, 0.25) is 0 Å². The van der Waals surface area contributed by atoms with E-state index >= 15 is 0 Å². The zero-order chi connectivity index (χ0) is 14.1. The van der Waals surface area contributed by atoms with E-state index < -0.39 is 16.1 Å². The molecule has 0 fully saturated rings. The van der Waals surface area contributed by atoms with Crippen LogP contribution < -0.4 is 0 Å². The average Bonchev–Trinajstić information content (AvgIpc) is 2.35. The molecule has 1 aromatic carbocycles. The molecular weight excluding hydrogens is 268 g/mol. The van der Waals surface area contributed by atoms with Gasteiger partial charge in [-0.15, -0.1) is 0 Å². The van der Waals surface area contributed by atoms with Crippen molar-refractivity contribution < 1.29 is 22.1 Å². The first kappa shape index (κ1) is 15.7. The second-order valence-electron chi connectivity index (χ2n) is 4.01. The Morgan fingerprint density at radius 2 is 1.89 bits per heavy atom. The maximum Gasteiger partial charge on any atom is 0.347 e. The van der Waals surface area contributed by atoms with E-state index in [9.17, 15) is 13.2 Å². The fourth-order valence-corrected chi connectivity index (χ4v) is 2.36. The van der Waals surface area contributed by atoms with Crippen molar-refractivity contribution in [3.05, 3.63) is 35.9 Å². The standard InChI is InChI=1S/C13H18O5S/c1-2-10-19(15,16)18-13(14)11-17-9-8-12-6-4-3-5-7-12/h3-7H,2,8-11H2,1H3. The van der Waals surface area contributed by atoms with Gasteiger partial charge in [-0.3, -0.25) is 0 Å². The minimum absolute atomic E-state index is 0.164. The molecule has 0 saturated carbocycles. The molecule has 0 bridgehead atoms.